The number of nitrogens with zero attached hydrogens (tertiary/aromatic N) is 1. The summed E-state index contributed by atoms with van der Waals surface area (Å²) in [6, 6.07) is 6.33. The fourth-order valence-corrected chi connectivity index (χ4v) is 3.21. The van der Waals surface area contributed by atoms with Crippen LogP contribution in [0, 0.1) is 6.92 Å². The van der Waals surface area contributed by atoms with Crippen LogP contribution >= 0.6 is 11.3 Å². The van der Waals surface area contributed by atoms with Crippen molar-refractivity contribution in [2.24, 2.45) is 0 Å². The van der Waals surface area contributed by atoms with E-state index in [1.807, 2.05) is 0 Å². The second-order valence-electron chi connectivity index (χ2n) is 5.47. The minimum Gasteiger partial charge on any atom is -0.486 e. The van der Waals surface area contributed by atoms with Crippen LogP contribution in [0.4, 0.5) is 0 Å². The Hall–Kier alpha value is -1.39. The van der Waals surface area contributed by atoms with E-state index >= 15 is 0 Å². The Morgan fingerprint density at radius 2 is 2.10 bits per heavy atom. The number of hydrogen-bond donors (Lipinski definition) is 1. The zero-order valence-corrected chi connectivity index (χ0v) is 14.0. The highest BCUT2D eigenvalue weighted by Gasteiger charge is 2.12. The Labute approximate surface area is 130 Å². The van der Waals surface area contributed by atoms with Crippen LogP contribution in [0.1, 0.15) is 53.4 Å². The molecule has 114 valence electrons. The molecule has 0 atom stereocenters. The largest absolute Gasteiger partial charge is 0.486 e. The second kappa shape index (κ2) is 7.05. The molecule has 0 bridgehead atoms. The number of aliphatic hydroxyl groups is 1. The Kier molecular flexibility index (Phi) is 5.37. The maximum atomic E-state index is 9.33. The first-order valence-electron chi connectivity index (χ1n) is 7.36. The van der Waals surface area contributed by atoms with Gasteiger partial charge in [-0.3, -0.25) is 0 Å². The van der Waals surface area contributed by atoms with Gasteiger partial charge in [0.25, 0.3) is 0 Å². The number of benzene rings is 1. The average molecular weight is 305 g/mol. The van der Waals surface area contributed by atoms with Crippen molar-refractivity contribution in [3.8, 4) is 5.75 Å². The van der Waals surface area contributed by atoms with Crippen molar-refractivity contribution < 1.29 is 9.84 Å². The molecular weight excluding hydrogens is 282 g/mol. The topological polar surface area (TPSA) is 42.4 Å². The van der Waals surface area contributed by atoms with Crippen LogP contribution in [-0.4, -0.2) is 10.1 Å². The average Bonchev–Trinajstić information content (AvgIpc) is 2.87. The smallest absolute Gasteiger partial charge is 0.140 e. The Balaban J connectivity index is 2.16. The Morgan fingerprint density at radius 3 is 2.67 bits per heavy atom. The van der Waals surface area contributed by atoms with Gasteiger partial charge in [-0.1, -0.05) is 32.9 Å². The number of thiazole rings is 1. The van der Waals surface area contributed by atoms with Gasteiger partial charge in [-0.25, -0.2) is 4.98 Å². The molecule has 3 nitrogen and oxygen atoms in total. The number of aliphatic hydroxyl groups excluding tert-OH is 1. The SMILES string of the molecule is CCc1nc(COc2cc(C)ccc2C(C)C)sc1CO. The molecule has 0 unspecified atom stereocenters. The second-order valence-corrected chi connectivity index (χ2v) is 6.64. The molecule has 0 aliphatic carbocycles. The van der Waals surface area contributed by atoms with E-state index in [0.29, 0.717) is 12.5 Å². The molecular formula is C17H23NO2S. The lowest BCUT2D eigenvalue weighted by atomic mass is 10.0. The summed E-state index contributed by atoms with van der Waals surface area (Å²) in [5.74, 6) is 1.36. The molecule has 21 heavy (non-hydrogen) atoms. The fourth-order valence-electron chi connectivity index (χ4n) is 2.28. The first kappa shape index (κ1) is 16.0. The first-order chi connectivity index (χ1) is 10.0. The standard InChI is InChI=1S/C17H23NO2S/c1-5-14-16(9-19)21-17(18-14)10-20-15-8-12(4)6-7-13(15)11(2)3/h6-8,11,19H,5,9-10H2,1-4H3. The van der Waals surface area contributed by atoms with E-state index in [-0.39, 0.29) is 6.61 Å². The molecule has 0 fully saturated rings. The zero-order valence-electron chi connectivity index (χ0n) is 13.1. The van der Waals surface area contributed by atoms with Crippen LogP contribution < -0.4 is 4.74 Å². The van der Waals surface area contributed by atoms with Gasteiger partial charge in [-0.2, -0.15) is 0 Å². The molecule has 2 rings (SSSR count). The first-order valence-corrected chi connectivity index (χ1v) is 8.18. The molecule has 2 aromatic rings. The van der Waals surface area contributed by atoms with Crippen molar-refractivity contribution >= 4 is 11.3 Å². The molecule has 0 aliphatic rings. The lowest BCUT2D eigenvalue weighted by Gasteiger charge is -2.14. The van der Waals surface area contributed by atoms with E-state index in [4.69, 9.17) is 4.74 Å². The van der Waals surface area contributed by atoms with Crippen molar-refractivity contribution in [2.45, 2.75) is 53.2 Å². The Bertz CT molecular complexity index is 583. The normalized spacial score (nSPS) is 11.1. The maximum absolute atomic E-state index is 9.33. The minimum absolute atomic E-state index is 0.0581. The van der Waals surface area contributed by atoms with Gasteiger partial charge in [-0.05, 0) is 36.5 Å². The molecule has 1 aromatic carbocycles. The van der Waals surface area contributed by atoms with Crippen molar-refractivity contribution in [1.29, 1.82) is 0 Å². The molecule has 0 radical (unpaired) electrons. The number of aryl methyl sites for hydroxylation is 2. The number of hydrogen-bond acceptors (Lipinski definition) is 4. The summed E-state index contributed by atoms with van der Waals surface area (Å²) in [4.78, 5) is 5.49. The predicted octanol–water partition coefficient (Wildman–Crippen LogP) is 4.21. The van der Waals surface area contributed by atoms with Crippen molar-refractivity contribution in [1.82, 2.24) is 4.98 Å². The minimum atomic E-state index is 0.0581. The van der Waals surface area contributed by atoms with E-state index in [1.165, 1.54) is 22.5 Å². The molecule has 4 heteroatoms. The summed E-state index contributed by atoms with van der Waals surface area (Å²) in [5, 5.41) is 10.3. The van der Waals surface area contributed by atoms with Gasteiger partial charge in [0.2, 0.25) is 0 Å². The molecule has 0 spiro atoms. The van der Waals surface area contributed by atoms with Gasteiger partial charge in [0.1, 0.15) is 17.4 Å². The van der Waals surface area contributed by atoms with E-state index < -0.39 is 0 Å². The highest BCUT2D eigenvalue weighted by molar-refractivity contribution is 7.11. The van der Waals surface area contributed by atoms with Crippen LogP contribution in [0.25, 0.3) is 0 Å². The molecule has 1 N–H and O–H groups in total. The number of aromatic nitrogens is 1. The molecule has 1 aromatic heterocycles. The number of ether oxygens (including phenoxy) is 1. The predicted molar refractivity (Wildman–Crippen MR) is 87.0 cm³/mol. The van der Waals surface area contributed by atoms with Crippen LogP contribution in [0.5, 0.6) is 5.75 Å². The van der Waals surface area contributed by atoms with E-state index in [9.17, 15) is 5.11 Å². The van der Waals surface area contributed by atoms with Crippen molar-refractivity contribution in [3.05, 3.63) is 44.9 Å². The number of rotatable bonds is 6. The van der Waals surface area contributed by atoms with Gasteiger partial charge in [0.15, 0.2) is 0 Å². The van der Waals surface area contributed by atoms with Crippen molar-refractivity contribution in [3.63, 3.8) is 0 Å². The van der Waals surface area contributed by atoms with E-state index in [0.717, 1.165) is 27.7 Å². The summed E-state index contributed by atoms with van der Waals surface area (Å²) in [7, 11) is 0. The van der Waals surface area contributed by atoms with Crippen LogP contribution in [0.15, 0.2) is 18.2 Å². The van der Waals surface area contributed by atoms with Crippen LogP contribution in [-0.2, 0) is 19.6 Å². The van der Waals surface area contributed by atoms with Crippen LogP contribution in [0.3, 0.4) is 0 Å². The monoisotopic (exact) mass is 305 g/mol. The summed E-state index contributed by atoms with van der Waals surface area (Å²) in [6.45, 7) is 8.97. The lowest BCUT2D eigenvalue weighted by molar-refractivity contribution is 0.284. The third kappa shape index (κ3) is 3.83. The quantitative estimate of drug-likeness (QED) is 0.869. The van der Waals surface area contributed by atoms with E-state index in [1.54, 1.807) is 0 Å². The van der Waals surface area contributed by atoms with Gasteiger partial charge < -0.3 is 9.84 Å². The van der Waals surface area contributed by atoms with E-state index in [2.05, 4.69) is 50.9 Å². The summed E-state index contributed by atoms with van der Waals surface area (Å²) >= 11 is 1.54. The molecule has 0 amide bonds. The lowest BCUT2D eigenvalue weighted by Crippen LogP contribution is -2.00. The third-order valence-electron chi connectivity index (χ3n) is 3.44. The van der Waals surface area contributed by atoms with Crippen LogP contribution in [0.2, 0.25) is 0 Å². The van der Waals surface area contributed by atoms with Gasteiger partial charge in [0.05, 0.1) is 17.2 Å². The summed E-state index contributed by atoms with van der Waals surface area (Å²) < 4.78 is 5.99. The highest BCUT2D eigenvalue weighted by atomic mass is 32.1. The summed E-state index contributed by atoms with van der Waals surface area (Å²) in [6.07, 6.45) is 0.841. The third-order valence-corrected chi connectivity index (χ3v) is 4.50. The Morgan fingerprint density at radius 1 is 1.33 bits per heavy atom. The molecule has 0 aliphatic heterocycles. The maximum Gasteiger partial charge on any atom is 0.140 e. The molecule has 0 saturated heterocycles. The van der Waals surface area contributed by atoms with Gasteiger partial charge >= 0.3 is 0 Å². The fraction of sp³-hybridized carbons (Fsp3) is 0.471. The van der Waals surface area contributed by atoms with Gasteiger partial charge in [0, 0.05) is 0 Å². The molecule has 0 saturated carbocycles. The van der Waals surface area contributed by atoms with Gasteiger partial charge in [-0.15, -0.1) is 11.3 Å². The highest BCUT2D eigenvalue weighted by Crippen LogP contribution is 2.29. The zero-order chi connectivity index (χ0) is 15.4. The summed E-state index contributed by atoms with van der Waals surface area (Å²) in [5.41, 5.74) is 3.39. The molecule has 1 heterocycles. The van der Waals surface area contributed by atoms with Crippen molar-refractivity contribution in [2.75, 3.05) is 0 Å².